The Labute approximate surface area is 142 Å². The van der Waals surface area contributed by atoms with Crippen LogP contribution in [0.15, 0.2) is 39.8 Å². The van der Waals surface area contributed by atoms with E-state index >= 15 is 0 Å². The van der Waals surface area contributed by atoms with Gasteiger partial charge in [0.05, 0.1) is 12.0 Å². The predicted octanol–water partition coefficient (Wildman–Crippen LogP) is 5.31. The average molecular weight is 332 g/mol. The molecular weight excluding hydrogens is 308 g/mol. The van der Waals surface area contributed by atoms with Gasteiger partial charge in [-0.3, -0.25) is 4.79 Å². The van der Waals surface area contributed by atoms with Gasteiger partial charge in [-0.05, 0) is 43.7 Å². The molecule has 1 aromatic rings. The van der Waals surface area contributed by atoms with E-state index in [1.54, 1.807) is 0 Å². The van der Waals surface area contributed by atoms with Crippen LogP contribution < -0.4 is 4.74 Å². The fourth-order valence-electron chi connectivity index (χ4n) is 3.31. The number of ether oxygens (including phenoxy) is 2. The highest BCUT2D eigenvalue weighted by atomic mass is 32.2. The zero-order chi connectivity index (χ0) is 16.1. The minimum atomic E-state index is -0.126. The molecule has 0 spiro atoms. The normalized spacial score (nSPS) is 17.8. The van der Waals surface area contributed by atoms with Gasteiger partial charge in [0.15, 0.2) is 0 Å². The van der Waals surface area contributed by atoms with Gasteiger partial charge in [-0.15, -0.1) is 0 Å². The minimum absolute atomic E-state index is 0.126. The number of unbranched alkanes of at least 4 members (excludes halogenated alkanes) is 1. The second-order valence-corrected chi connectivity index (χ2v) is 7.29. The largest absolute Gasteiger partial charge is 0.469 e. The maximum Gasteiger partial charge on any atom is 0.305 e. The molecule has 0 amide bonds. The molecule has 0 bridgehead atoms. The van der Waals surface area contributed by atoms with Gasteiger partial charge >= 0.3 is 5.97 Å². The van der Waals surface area contributed by atoms with Gasteiger partial charge < -0.3 is 9.47 Å². The highest BCUT2D eigenvalue weighted by molar-refractivity contribution is 8.03. The maximum atomic E-state index is 11.2. The molecular formula is C19H24O3S. The highest BCUT2D eigenvalue weighted by Gasteiger charge is 2.28. The quantitative estimate of drug-likeness (QED) is 0.522. The first-order chi connectivity index (χ1) is 11.3. The molecule has 2 aliphatic rings. The summed E-state index contributed by atoms with van der Waals surface area (Å²) in [6, 6.07) is 8.28. The molecule has 0 atom stereocenters. The molecule has 1 saturated carbocycles. The summed E-state index contributed by atoms with van der Waals surface area (Å²) in [5.41, 5.74) is 0. The number of methoxy groups -OCH3 is 1. The molecule has 3 nitrogen and oxygen atoms in total. The van der Waals surface area contributed by atoms with Crippen LogP contribution in [0, 0.1) is 5.92 Å². The van der Waals surface area contributed by atoms with Crippen molar-refractivity contribution in [1.82, 2.24) is 0 Å². The van der Waals surface area contributed by atoms with E-state index in [4.69, 9.17) is 9.47 Å². The Hall–Kier alpha value is -1.42. The van der Waals surface area contributed by atoms with Crippen molar-refractivity contribution in [2.75, 3.05) is 7.11 Å². The van der Waals surface area contributed by atoms with Crippen molar-refractivity contribution < 1.29 is 14.3 Å². The van der Waals surface area contributed by atoms with Crippen molar-refractivity contribution in [1.29, 1.82) is 0 Å². The third-order valence-electron chi connectivity index (χ3n) is 4.57. The Morgan fingerprint density at radius 2 is 2.04 bits per heavy atom. The standard InChI is InChI=1S/C19H24O3S/c1-21-18(20)13-7-5-11-16-19(14-8-2-3-9-14)23-17-12-6-4-10-15(17)22-16/h4,6,10,12,14H,2-3,5,7-9,11,13H2,1H3. The number of allylic oxidation sites excluding steroid dienone is 2. The molecule has 1 fully saturated rings. The van der Waals surface area contributed by atoms with Gasteiger partial charge in [-0.1, -0.05) is 36.7 Å². The van der Waals surface area contributed by atoms with Crippen molar-refractivity contribution >= 4 is 17.7 Å². The third-order valence-corrected chi connectivity index (χ3v) is 5.90. The zero-order valence-electron chi connectivity index (χ0n) is 13.7. The Balaban J connectivity index is 1.68. The molecule has 124 valence electrons. The monoisotopic (exact) mass is 332 g/mol. The van der Waals surface area contributed by atoms with Crippen LogP contribution in [0.1, 0.15) is 51.4 Å². The molecule has 23 heavy (non-hydrogen) atoms. The second kappa shape index (κ2) is 7.91. The molecule has 0 aromatic heterocycles. The topological polar surface area (TPSA) is 35.5 Å². The number of benzene rings is 1. The summed E-state index contributed by atoms with van der Waals surface area (Å²) in [6.07, 6.45) is 8.42. The summed E-state index contributed by atoms with van der Waals surface area (Å²) < 4.78 is 10.9. The van der Waals surface area contributed by atoms with E-state index in [1.165, 1.54) is 42.6 Å². The Morgan fingerprint density at radius 3 is 2.83 bits per heavy atom. The van der Waals surface area contributed by atoms with Crippen LogP contribution in [0.2, 0.25) is 0 Å². The number of hydrogen-bond donors (Lipinski definition) is 0. The van der Waals surface area contributed by atoms with Crippen LogP contribution >= 0.6 is 11.8 Å². The number of thioether (sulfide) groups is 1. The van der Waals surface area contributed by atoms with Crippen LogP contribution in [0.25, 0.3) is 0 Å². The number of carbonyl (C=O) groups excluding carboxylic acids is 1. The first kappa shape index (κ1) is 16.4. The highest BCUT2D eigenvalue weighted by Crippen LogP contribution is 2.49. The second-order valence-electron chi connectivity index (χ2n) is 6.20. The van der Waals surface area contributed by atoms with Crippen molar-refractivity contribution in [3.63, 3.8) is 0 Å². The van der Waals surface area contributed by atoms with E-state index < -0.39 is 0 Å². The van der Waals surface area contributed by atoms with Crippen LogP contribution in [-0.2, 0) is 9.53 Å². The van der Waals surface area contributed by atoms with Crippen LogP contribution in [0.3, 0.4) is 0 Å². The van der Waals surface area contributed by atoms with Crippen molar-refractivity contribution in [3.8, 4) is 5.75 Å². The number of carbonyl (C=O) groups is 1. The van der Waals surface area contributed by atoms with Crippen LogP contribution in [0.5, 0.6) is 5.75 Å². The first-order valence-corrected chi connectivity index (χ1v) is 9.34. The van der Waals surface area contributed by atoms with Crippen LogP contribution in [0.4, 0.5) is 0 Å². The smallest absolute Gasteiger partial charge is 0.305 e. The molecule has 3 rings (SSSR count). The van der Waals surface area contributed by atoms with E-state index in [0.29, 0.717) is 12.3 Å². The van der Waals surface area contributed by atoms with E-state index in [9.17, 15) is 4.79 Å². The van der Waals surface area contributed by atoms with Crippen LogP contribution in [-0.4, -0.2) is 13.1 Å². The van der Waals surface area contributed by atoms with Crippen molar-refractivity contribution in [3.05, 3.63) is 34.9 Å². The third kappa shape index (κ3) is 4.11. The molecule has 1 aromatic carbocycles. The summed E-state index contributed by atoms with van der Waals surface area (Å²) in [7, 11) is 1.45. The van der Waals surface area contributed by atoms with Gasteiger partial charge in [-0.2, -0.15) is 0 Å². The van der Waals surface area contributed by atoms with E-state index in [-0.39, 0.29) is 5.97 Å². The number of hydrogen-bond acceptors (Lipinski definition) is 4. The average Bonchev–Trinajstić information content (AvgIpc) is 3.12. The molecule has 0 saturated heterocycles. The fraction of sp³-hybridized carbons (Fsp3) is 0.526. The summed E-state index contributed by atoms with van der Waals surface area (Å²) in [4.78, 5) is 13.9. The summed E-state index contributed by atoms with van der Waals surface area (Å²) >= 11 is 1.89. The van der Waals surface area contributed by atoms with E-state index in [2.05, 4.69) is 12.1 Å². The zero-order valence-corrected chi connectivity index (χ0v) is 14.5. The molecule has 0 radical (unpaired) electrons. The summed E-state index contributed by atoms with van der Waals surface area (Å²) in [6.45, 7) is 0. The lowest BCUT2D eigenvalue weighted by Crippen LogP contribution is -2.10. The fourth-order valence-corrected chi connectivity index (χ4v) is 4.56. The SMILES string of the molecule is COC(=O)CCCCC1=C(C2CCCC2)Sc2ccccc2O1. The molecule has 1 aliphatic heterocycles. The molecule has 0 unspecified atom stereocenters. The van der Waals surface area contributed by atoms with Gasteiger partial charge in [0.25, 0.3) is 0 Å². The summed E-state index contributed by atoms with van der Waals surface area (Å²) in [5.74, 6) is 2.64. The molecule has 4 heteroatoms. The minimum Gasteiger partial charge on any atom is -0.469 e. The molecule has 1 heterocycles. The first-order valence-electron chi connectivity index (χ1n) is 8.52. The predicted molar refractivity (Wildman–Crippen MR) is 92.4 cm³/mol. The lowest BCUT2D eigenvalue weighted by atomic mass is 10.0. The number of para-hydroxylation sites is 1. The van der Waals surface area contributed by atoms with Gasteiger partial charge in [-0.25, -0.2) is 0 Å². The molecule has 1 aliphatic carbocycles. The van der Waals surface area contributed by atoms with E-state index in [1.807, 2.05) is 23.9 Å². The Bertz CT molecular complexity index is 588. The Kier molecular flexibility index (Phi) is 5.65. The van der Waals surface area contributed by atoms with Gasteiger partial charge in [0.1, 0.15) is 11.5 Å². The number of rotatable bonds is 6. The van der Waals surface area contributed by atoms with Gasteiger partial charge in [0.2, 0.25) is 0 Å². The summed E-state index contributed by atoms with van der Waals surface area (Å²) in [5, 5.41) is 0. The lowest BCUT2D eigenvalue weighted by molar-refractivity contribution is -0.140. The van der Waals surface area contributed by atoms with Crippen molar-refractivity contribution in [2.24, 2.45) is 5.92 Å². The van der Waals surface area contributed by atoms with Gasteiger partial charge in [0, 0.05) is 17.7 Å². The molecule has 0 N–H and O–H groups in total. The van der Waals surface area contributed by atoms with E-state index in [0.717, 1.165) is 30.8 Å². The number of esters is 1. The van der Waals surface area contributed by atoms with Crippen molar-refractivity contribution in [2.45, 2.75) is 56.3 Å². The number of fused-ring (bicyclic) bond motifs is 1. The maximum absolute atomic E-state index is 11.2. The lowest BCUT2D eigenvalue weighted by Gasteiger charge is -2.26. The Morgan fingerprint density at radius 1 is 1.26 bits per heavy atom.